The topological polar surface area (TPSA) is 67.4 Å². The van der Waals surface area contributed by atoms with E-state index in [1.165, 1.54) is 6.07 Å². The molecule has 0 radical (unpaired) electrons. The molecule has 1 rings (SSSR count). The predicted molar refractivity (Wildman–Crippen MR) is 79.6 cm³/mol. The number of carbonyl (C=O) groups excluding carboxylic acids is 2. The number of halogens is 1. The van der Waals surface area contributed by atoms with E-state index in [0.717, 1.165) is 0 Å². The molecule has 1 aromatic rings. The van der Waals surface area contributed by atoms with Crippen molar-refractivity contribution < 1.29 is 14.3 Å². The molecule has 0 fully saturated rings. The Morgan fingerprint density at radius 3 is 2.50 bits per heavy atom. The van der Waals surface area contributed by atoms with Crippen molar-refractivity contribution in [3.8, 4) is 0 Å². The van der Waals surface area contributed by atoms with Crippen LogP contribution in [0.1, 0.15) is 31.1 Å². The van der Waals surface area contributed by atoms with Gasteiger partial charge in [-0.3, -0.25) is 10.1 Å². The molecule has 2 N–H and O–H groups in total. The van der Waals surface area contributed by atoms with Gasteiger partial charge in [-0.2, -0.15) is 0 Å². The first kappa shape index (κ1) is 16.5. The molecule has 0 heterocycles. The number of hydrogen-bond acceptors (Lipinski definition) is 4. The van der Waals surface area contributed by atoms with Gasteiger partial charge in [0.05, 0.1) is 12.2 Å². The van der Waals surface area contributed by atoms with E-state index in [9.17, 15) is 9.59 Å². The zero-order valence-electron chi connectivity index (χ0n) is 12.0. The van der Waals surface area contributed by atoms with Crippen molar-refractivity contribution in [1.29, 1.82) is 0 Å². The second-order valence-corrected chi connectivity index (χ2v) is 5.71. The molecule has 0 unspecified atom stereocenters. The summed E-state index contributed by atoms with van der Waals surface area (Å²) >= 11 is 5.90. The van der Waals surface area contributed by atoms with E-state index < -0.39 is 11.7 Å². The molecule has 1 aromatic carbocycles. The zero-order valence-corrected chi connectivity index (χ0v) is 12.8. The van der Waals surface area contributed by atoms with E-state index in [1.54, 1.807) is 40.0 Å². The second kappa shape index (κ2) is 6.72. The number of hydrogen-bond donors (Lipinski definition) is 2. The van der Waals surface area contributed by atoms with Crippen LogP contribution in [0.4, 0.5) is 10.5 Å². The van der Waals surface area contributed by atoms with Gasteiger partial charge < -0.3 is 10.1 Å². The van der Waals surface area contributed by atoms with E-state index in [-0.39, 0.29) is 12.3 Å². The number of benzene rings is 1. The van der Waals surface area contributed by atoms with Gasteiger partial charge in [-0.25, -0.2) is 4.79 Å². The van der Waals surface area contributed by atoms with Crippen LogP contribution in [0, 0.1) is 0 Å². The van der Waals surface area contributed by atoms with E-state index in [1.807, 2.05) is 0 Å². The number of ether oxygens (including phenoxy) is 1. The number of anilines is 1. The molecule has 0 aliphatic heterocycles. The number of likely N-dealkylation sites (N-methyl/N-ethyl adjacent to an activating group) is 1. The molecule has 0 spiro atoms. The van der Waals surface area contributed by atoms with Gasteiger partial charge in [0.25, 0.3) is 0 Å². The van der Waals surface area contributed by atoms with Crippen LogP contribution in [-0.2, 0) is 4.74 Å². The van der Waals surface area contributed by atoms with Crippen LogP contribution in [0.15, 0.2) is 18.2 Å². The monoisotopic (exact) mass is 298 g/mol. The molecule has 0 saturated carbocycles. The molecule has 0 aliphatic carbocycles. The van der Waals surface area contributed by atoms with Gasteiger partial charge in [0, 0.05) is 10.6 Å². The predicted octanol–water partition coefficient (Wildman–Crippen LogP) is 3.09. The summed E-state index contributed by atoms with van der Waals surface area (Å²) in [7, 11) is 1.68. The lowest BCUT2D eigenvalue weighted by Crippen LogP contribution is -2.28. The van der Waals surface area contributed by atoms with Crippen molar-refractivity contribution in [3.05, 3.63) is 28.8 Å². The van der Waals surface area contributed by atoms with Gasteiger partial charge in [0.2, 0.25) is 0 Å². The van der Waals surface area contributed by atoms with Crippen LogP contribution in [-0.4, -0.2) is 31.1 Å². The van der Waals surface area contributed by atoms with Crippen LogP contribution in [0.2, 0.25) is 5.02 Å². The third kappa shape index (κ3) is 5.19. The lowest BCUT2D eigenvalue weighted by Gasteiger charge is -2.20. The summed E-state index contributed by atoms with van der Waals surface area (Å²) in [6.07, 6.45) is -0.627. The van der Waals surface area contributed by atoms with Crippen molar-refractivity contribution in [2.45, 2.75) is 26.4 Å². The maximum absolute atomic E-state index is 11.9. The average Bonchev–Trinajstić information content (AvgIpc) is 2.26. The molecule has 0 saturated heterocycles. The smallest absolute Gasteiger partial charge is 0.412 e. The Hall–Kier alpha value is -1.59. The number of carbonyl (C=O) groups is 2. The Morgan fingerprint density at radius 2 is 1.95 bits per heavy atom. The molecule has 110 valence electrons. The number of rotatable bonds is 4. The van der Waals surface area contributed by atoms with E-state index >= 15 is 0 Å². The normalized spacial score (nSPS) is 11.1. The summed E-state index contributed by atoms with van der Waals surface area (Å²) < 4.78 is 5.16. The third-order valence-corrected chi connectivity index (χ3v) is 2.49. The summed E-state index contributed by atoms with van der Waals surface area (Å²) in [4.78, 5) is 23.7. The van der Waals surface area contributed by atoms with E-state index in [2.05, 4.69) is 10.6 Å². The lowest BCUT2D eigenvalue weighted by molar-refractivity contribution is 0.0636. The molecular formula is C14H19ClN2O3. The first-order valence-corrected chi connectivity index (χ1v) is 6.58. The first-order valence-electron chi connectivity index (χ1n) is 6.20. The highest BCUT2D eigenvalue weighted by Crippen LogP contribution is 2.22. The van der Waals surface area contributed by atoms with Gasteiger partial charge in [-0.15, -0.1) is 0 Å². The highest BCUT2D eigenvalue weighted by Gasteiger charge is 2.19. The summed E-state index contributed by atoms with van der Waals surface area (Å²) in [5.41, 5.74) is 0.110. The number of amides is 1. The van der Waals surface area contributed by atoms with Crippen LogP contribution in [0.25, 0.3) is 0 Å². The summed E-state index contributed by atoms with van der Waals surface area (Å²) in [5, 5.41) is 5.75. The molecular weight excluding hydrogens is 280 g/mol. The fourth-order valence-electron chi connectivity index (χ4n) is 1.53. The fourth-order valence-corrected chi connectivity index (χ4v) is 1.70. The number of Topliss-reactive ketones (excluding diaryl/α,β-unsaturated/α-hetero) is 1. The van der Waals surface area contributed by atoms with Crippen molar-refractivity contribution >= 4 is 29.2 Å². The van der Waals surface area contributed by atoms with Crippen molar-refractivity contribution in [2.75, 3.05) is 18.9 Å². The minimum atomic E-state index is -0.627. The molecule has 20 heavy (non-hydrogen) atoms. The molecule has 6 heteroatoms. The Balaban J connectivity index is 2.95. The largest absolute Gasteiger partial charge is 0.444 e. The van der Waals surface area contributed by atoms with Gasteiger partial charge in [-0.05, 0) is 46.0 Å². The molecule has 0 aliphatic rings. The maximum atomic E-state index is 11.9. The van der Waals surface area contributed by atoms with Gasteiger partial charge in [0.1, 0.15) is 5.60 Å². The Bertz CT molecular complexity index is 510. The Kier molecular flexibility index (Phi) is 5.53. The lowest BCUT2D eigenvalue weighted by atomic mass is 10.1. The van der Waals surface area contributed by atoms with E-state index in [0.29, 0.717) is 16.3 Å². The zero-order chi connectivity index (χ0) is 15.3. The van der Waals surface area contributed by atoms with Crippen molar-refractivity contribution in [1.82, 2.24) is 5.32 Å². The number of nitrogens with one attached hydrogen (secondary N) is 2. The summed E-state index contributed by atoms with van der Waals surface area (Å²) in [6, 6.07) is 4.70. The van der Waals surface area contributed by atoms with Crippen LogP contribution in [0.5, 0.6) is 0 Å². The molecule has 5 nitrogen and oxygen atoms in total. The quantitative estimate of drug-likeness (QED) is 0.838. The van der Waals surface area contributed by atoms with Crippen LogP contribution >= 0.6 is 11.6 Å². The summed E-state index contributed by atoms with van der Waals surface area (Å²) in [5.74, 6) is -0.143. The Morgan fingerprint density at radius 1 is 1.30 bits per heavy atom. The van der Waals surface area contributed by atoms with Crippen LogP contribution in [0.3, 0.4) is 0 Å². The van der Waals surface area contributed by atoms with Crippen LogP contribution < -0.4 is 10.6 Å². The standard InChI is InChI=1S/C14H19ClN2O3/c1-14(2,3)20-13(19)17-11-7-9(15)5-6-10(11)12(18)8-16-4/h5-7,16H,8H2,1-4H3,(H,17,19). The molecule has 0 bridgehead atoms. The fraction of sp³-hybridized carbons (Fsp3) is 0.429. The van der Waals surface area contributed by atoms with Gasteiger partial charge >= 0.3 is 6.09 Å². The first-order chi connectivity index (χ1) is 9.23. The maximum Gasteiger partial charge on any atom is 0.412 e. The molecule has 0 aromatic heterocycles. The average molecular weight is 299 g/mol. The highest BCUT2D eigenvalue weighted by atomic mass is 35.5. The minimum Gasteiger partial charge on any atom is -0.444 e. The van der Waals surface area contributed by atoms with Gasteiger partial charge in [0.15, 0.2) is 5.78 Å². The van der Waals surface area contributed by atoms with Crippen molar-refractivity contribution in [2.24, 2.45) is 0 Å². The third-order valence-electron chi connectivity index (χ3n) is 2.25. The van der Waals surface area contributed by atoms with Crippen molar-refractivity contribution in [3.63, 3.8) is 0 Å². The van der Waals surface area contributed by atoms with E-state index in [4.69, 9.17) is 16.3 Å². The SMILES string of the molecule is CNCC(=O)c1ccc(Cl)cc1NC(=O)OC(C)(C)C. The second-order valence-electron chi connectivity index (χ2n) is 5.27. The Labute approximate surface area is 123 Å². The van der Waals surface area contributed by atoms with Gasteiger partial charge in [-0.1, -0.05) is 11.6 Å². The summed E-state index contributed by atoms with van der Waals surface area (Å²) in [6.45, 7) is 5.46. The molecule has 0 atom stereocenters. The minimum absolute atomic E-state index is 0.143. The highest BCUT2D eigenvalue weighted by molar-refractivity contribution is 6.31. The molecule has 1 amide bonds. The number of ketones is 1.